The number of benzene rings is 3. The Morgan fingerprint density at radius 3 is 2.30 bits per heavy atom. The molecule has 0 bridgehead atoms. The lowest BCUT2D eigenvalue weighted by molar-refractivity contribution is -0.126. The van der Waals surface area contributed by atoms with Gasteiger partial charge in [-0.2, -0.15) is 0 Å². The smallest absolute Gasteiger partial charge is 0.266 e. The summed E-state index contributed by atoms with van der Waals surface area (Å²) in [5.41, 5.74) is 2.05. The van der Waals surface area contributed by atoms with E-state index < -0.39 is 24.0 Å². The van der Waals surface area contributed by atoms with E-state index >= 15 is 0 Å². The first kappa shape index (κ1) is 21.5. The van der Waals surface area contributed by atoms with Crippen molar-refractivity contribution in [2.75, 3.05) is 24.2 Å². The molecule has 2 heterocycles. The summed E-state index contributed by atoms with van der Waals surface area (Å²) in [6, 6.07) is 21.5. The van der Waals surface area contributed by atoms with Crippen molar-refractivity contribution in [3.05, 3.63) is 82.8 Å². The lowest BCUT2D eigenvalue weighted by Crippen LogP contribution is -2.37. The van der Waals surface area contributed by atoms with Crippen LogP contribution in [-0.2, 0) is 14.4 Å². The van der Waals surface area contributed by atoms with Gasteiger partial charge in [-0.3, -0.25) is 14.4 Å². The number of hydrogen-bond donors (Lipinski definition) is 0. The number of halogens is 1. The molecule has 3 aromatic carbocycles. The van der Waals surface area contributed by atoms with Crippen molar-refractivity contribution in [1.82, 2.24) is 0 Å². The molecule has 8 heteroatoms. The predicted octanol–water partition coefficient (Wildman–Crippen LogP) is 4.52. The average molecular weight is 509 g/mol. The van der Waals surface area contributed by atoms with E-state index in [1.54, 1.807) is 43.5 Å². The van der Waals surface area contributed by atoms with E-state index in [-0.39, 0.29) is 5.91 Å². The number of anilines is 2. The molecule has 2 fully saturated rings. The highest BCUT2D eigenvalue weighted by Crippen LogP contribution is 2.48. The van der Waals surface area contributed by atoms with Crippen LogP contribution in [0.1, 0.15) is 11.6 Å². The summed E-state index contributed by atoms with van der Waals surface area (Å²) >= 11 is 3.53. The first-order valence-corrected chi connectivity index (χ1v) is 11.2. The van der Waals surface area contributed by atoms with Gasteiger partial charge < -0.3 is 9.47 Å². The monoisotopic (exact) mass is 508 g/mol. The summed E-state index contributed by atoms with van der Waals surface area (Å²) in [7, 11) is 3.13. The van der Waals surface area contributed by atoms with Crippen LogP contribution in [0.3, 0.4) is 0 Å². The predicted molar refractivity (Wildman–Crippen MR) is 126 cm³/mol. The van der Waals surface area contributed by atoms with Gasteiger partial charge in [0, 0.05) is 6.07 Å². The van der Waals surface area contributed by atoms with Gasteiger partial charge in [-0.1, -0.05) is 30.3 Å². The average Bonchev–Trinajstić information content (AvgIpc) is 3.35. The Bertz CT molecular complexity index is 1220. The maximum Gasteiger partial charge on any atom is 0.266 e. The lowest BCUT2D eigenvalue weighted by atomic mass is 9.90. The van der Waals surface area contributed by atoms with Gasteiger partial charge in [0.2, 0.25) is 5.91 Å². The summed E-state index contributed by atoms with van der Waals surface area (Å²) in [5, 5.41) is 1.67. The molecule has 7 nitrogen and oxygen atoms in total. The van der Waals surface area contributed by atoms with Crippen molar-refractivity contribution in [3.63, 3.8) is 0 Å². The molecule has 0 saturated carbocycles. The standard InChI is InChI=1S/C25H21BrN2O5/c1-31-18-10-6-9-17(14-18)27-24(29)21-22(15-11-12-20(32-2)19(26)13-15)28(33-23(21)25(27)30)16-7-4-3-5-8-16/h3-14,21-23H,1-2H3/t21-,22+,23-/m1/s1. The van der Waals surface area contributed by atoms with E-state index in [4.69, 9.17) is 14.3 Å². The number of ether oxygens (including phenoxy) is 2. The summed E-state index contributed by atoms with van der Waals surface area (Å²) in [6.07, 6.45) is -0.935. The number of fused-ring (bicyclic) bond motifs is 1. The summed E-state index contributed by atoms with van der Waals surface area (Å²) in [5.74, 6) is -0.188. The molecule has 2 aliphatic rings. The number of nitrogens with zero attached hydrogens (tertiary/aromatic N) is 2. The van der Waals surface area contributed by atoms with E-state index in [1.807, 2.05) is 48.5 Å². The van der Waals surface area contributed by atoms with E-state index in [0.717, 1.165) is 15.7 Å². The number of para-hydroxylation sites is 1. The van der Waals surface area contributed by atoms with Crippen molar-refractivity contribution >= 4 is 39.1 Å². The van der Waals surface area contributed by atoms with Crippen LogP contribution in [0.4, 0.5) is 11.4 Å². The van der Waals surface area contributed by atoms with Gasteiger partial charge in [0.25, 0.3) is 5.91 Å². The number of rotatable bonds is 5. The molecule has 0 unspecified atom stereocenters. The van der Waals surface area contributed by atoms with Crippen molar-refractivity contribution in [1.29, 1.82) is 0 Å². The second kappa shape index (κ2) is 8.53. The molecule has 2 aliphatic heterocycles. The molecular weight excluding hydrogens is 488 g/mol. The van der Waals surface area contributed by atoms with Crippen LogP contribution in [-0.4, -0.2) is 32.1 Å². The molecule has 33 heavy (non-hydrogen) atoms. The fourth-order valence-corrected chi connectivity index (χ4v) is 4.98. The van der Waals surface area contributed by atoms with Gasteiger partial charge in [0.05, 0.1) is 36.1 Å². The Morgan fingerprint density at radius 2 is 1.61 bits per heavy atom. The molecule has 168 valence electrons. The van der Waals surface area contributed by atoms with Crippen LogP contribution in [0.15, 0.2) is 77.3 Å². The topological polar surface area (TPSA) is 68.3 Å². The first-order chi connectivity index (χ1) is 16.0. The molecule has 0 N–H and O–H groups in total. The number of carbonyl (C=O) groups excluding carboxylic acids is 2. The van der Waals surface area contributed by atoms with Crippen LogP contribution in [0, 0.1) is 5.92 Å². The second-order valence-electron chi connectivity index (χ2n) is 7.77. The van der Waals surface area contributed by atoms with E-state index in [1.165, 1.54) is 4.90 Å². The Balaban J connectivity index is 1.59. The number of imide groups is 1. The second-order valence-corrected chi connectivity index (χ2v) is 8.62. The van der Waals surface area contributed by atoms with Crippen LogP contribution < -0.4 is 19.4 Å². The highest BCUT2D eigenvalue weighted by molar-refractivity contribution is 9.10. The molecular formula is C25H21BrN2O5. The first-order valence-electron chi connectivity index (χ1n) is 10.4. The quantitative estimate of drug-likeness (QED) is 0.472. The largest absolute Gasteiger partial charge is 0.497 e. The minimum Gasteiger partial charge on any atom is -0.497 e. The van der Waals surface area contributed by atoms with Crippen molar-refractivity contribution in [2.24, 2.45) is 5.92 Å². The number of hydrogen-bond acceptors (Lipinski definition) is 6. The maximum absolute atomic E-state index is 13.7. The normalized spacial score (nSPS) is 22.0. The maximum atomic E-state index is 13.7. The third kappa shape index (κ3) is 3.55. The van der Waals surface area contributed by atoms with E-state index in [0.29, 0.717) is 17.2 Å². The molecule has 3 aromatic rings. The summed E-state index contributed by atoms with van der Waals surface area (Å²) < 4.78 is 11.4. The van der Waals surface area contributed by atoms with Crippen molar-refractivity contribution < 1.29 is 23.9 Å². The number of amides is 2. The van der Waals surface area contributed by atoms with Gasteiger partial charge in [0.1, 0.15) is 17.4 Å². The lowest BCUT2D eigenvalue weighted by Gasteiger charge is -2.29. The van der Waals surface area contributed by atoms with Gasteiger partial charge in [-0.25, -0.2) is 9.96 Å². The summed E-state index contributed by atoms with van der Waals surface area (Å²) in [4.78, 5) is 34.5. The Hall–Kier alpha value is -3.36. The molecule has 2 saturated heterocycles. The van der Waals surface area contributed by atoms with Gasteiger partial charge >= 0.3 is 0 Å². The fraction of sp³-hybridized carbons (Fsp3) is 0.200. The zero-order valence-electron chi connectivity index (χ0n) is 18.0. The van der Waals surface area contributed by atoms with E-state index in [9.17, 15) is 9.59 Å². The molecule has 0 aliphatic carbocycles. The van der Waals surface area contributed by atoms with Gasteiger partial charge in [0.15, 0.2) is 6.10 Å². The Labute approximate surface area is 199 Å². The van der Waals surface area contributed by atoms with Gasteiger partial charge in [-0.05, 0) is 57.9 Å². The molecule has 3 atom stereocenters. The number of methoxy groups -OCH3 is 2. The van der Waals surface area contributed by atoms with E-state index in [2.05, 4.69) is 15.9 Å². The Kier molecular flexibility index (Phi) is 5.55. The minimum absolute atomic E-state index is 0.311. The minimum atomic E-state index is -0.935. The molecule has 5 rings (SSSR count). The molecule has 0 spiro atoms. The zero-order chi connectivity index (χ0) is 23.1. The van der Waals surface area contributed by atoms with Crippen molar-refractivity contribution in [3.8, 4) is 11.5 Å². The van der Waals surface area contributed by atoms with Crippen LogP contribution in [0.25, 0.3) is 0 Å². The molecule has 0 aromatic heterocycles. The highest BCUT2D eigenvalue weighted by Gasteiger charge is 2.60. The SMILES string of the molecule is COc1cccc(N2C(=O)[C@H]3[C@@H](ON(c4ccccc4)[C@H]3c3ccc(OC)c(Br)c3)C2=O)c1. The molecule has 0 radical (unpaired) electrons. The zero-order valence-corrected chi connectivity index (χ0v) is 19.6. The van der Waals surface area contributed by atoms with Gasteiger partial charge in [-0.15, -0.1) is 0 Å². The Morgan fingerprint density at radius 1 is 0.848 bits per heavy atom. The fourth-order valence-electron chi connectivity index (χ4n) is 4.42. The number of carbonyl (C=O) groups is 2. The number of hydroxylamine groups is 1. The van der Waals surface area contributed by atoms with Crippen LogP contribution in [0.5, 0.6) is 11.5 Å². The van der Waals surface area contributed by atoms with Crippen LogP contribution in [0.2, 0.25) is 0 Å². The third-order valence-electron chi connectivity index (χ3n) is 5.95. The molecule has 2 amide bonds. The third-order valence-corrected chi connectivity index (χ3v) is 6.57. The van der Waals surface area contributed by atoms with Crippen LogP contribution >= 0.6 is 15.9 Å². The summed E-state index contributed by atoms with van der Waals surface area (Å²) in [6.45, 7) is 0. The highest BCUT2D eigenvalue weighted by atomic mass is 79.9. The van der Waals surface area contributed by atoms with Crippen molar-refractivity contribution in [2.45, 2.75) is 12.1 Å².